The van der Waals surface area contributed by atoms with Crippen LogP contribution in [0.2, 0.25) is 0 Å². The summed E-state index contributed by atoms with van der Waals surface area (Å²) in [5.41, 5.74) is 0. The SMILES string of the molecule is CN(C)C(=O)Cn1cc(Br)cn1. The molecule has 0 radical (unpaired) electrons. The van der Waals surface area contributed by atoms with E-state index in [0.717, 1.165) is 4.47 Å². The standard InChI is InChI=1S/C7H10BrN3O/c1-10(2)7(12)5-11-4-6(8)3-9-11/h3-4H,5H2,1-2H3. The van der Waals surface area contributed by atoms with Gasteiger partial charge in [-0.1, -0.05) is 0 Å². The van der Waals surface area contributed by atoms with Crippen molar-refractivity contribution in [1.29, 1.82) is 0 Å². The van der Waals surface area contributed by atoms with Crippen molar-refractivity contribution < 1.29 is 4.79 Å². The highest BCUT2D eigenvalue weighted by Crippen LogP contribution is 2.05. The van der Waals surface area contributed by atoms with Crippen LogP contribution in [0.15, 0.2) is 16.9 Å². The number of amides is 1. The predicted molar refractivity (Wildman–Crippen MR) is 48.6 cm³/mol. The van der Waals surface area contributed by atoms with Crippen LogP contribution in [-0.2, 0) is 11.3 Å². The normalized spacial score (nSPS) is 9.92. The molecule has 0 fully saturated rings. The number of hydrogen-bond donors (Lipinski definition) is 0. The molecular weight excluding hydrogens is 222 g/mol. The van der Waals surface area contributed by atoms with Crippen molar-refractivity contribution >= 4 is 21.8 Å². The molecule has 5 heteroatoms. The van der Waals surface area contributed by atoms with Crippen LogP contribution in [0.3, 0.4) is 0 Å². The van der Waals surface area contributed by atoms with Gasteiger partial charge in [-0.2, -0.15) is 5.10 Å². The van der Waals surface area contributed by atoms with Gasteiger partial charge in [-0.25, -0.2) is 0 Å². The number of halogens is 1. The molecule has 0 atom stereocenters. The van der Waals surface area contributed by atoms with Crippen LogP contribution in [0.1, 0.15) is 0 Å². The molecule has 66 valence electrons. The largest absolute Gasteiger partial charge is 0.347 e. The molecule has 4 nitrogen and oxygen atoms in total. The van der Waals surface area contributed by atoms with Gasteiger partial charge in [0.1, 0.15) is 6.54 Å². The lowest BCUT2D eigenvalue weighted by Gasteiger charge is -2.09. The third kappa shape index (κ3) is 2.34. The third-order valence-corrected chi connectivity index (χ3v) is 1.81. The summed E-state index contributed by atoms with van der Waals surface area (Å²) in [4.78, 5) is 12.7. The highest BCUT2D eigenvalue weighted by Gasteiger charge is 2.04. The first-order chi connectivity index (χ1) is 5.59. The first kappa shape index (κ1) is 9.25. The minimum absolute atomic E-state index is 0.0330. The highest BCUT2D eigenvalue weighted by molar-refractivity contribution is 9.10. The summed E-state index contributed by atoms with van der Waals surface area (Å²) in [5.74, 6) is 0.0330. The zero-order chi connectivity index (χ0) is 9.14. The van der Waals surface area contributed by atoms with Gasteiger partial charge in [-0.05, 0) is 15.9 Å². The fraction of sp³-hybridized carbons (Fsp3) is 0.429. The third-order valence-electron chi connectivity index (χ3n) is 1.40. The van der Waals surface area contributed by atoms with Gasteiger partial charge in [0.15, 0.2) is 0 Å². The highest BCUT2D eigenvalue weighted by atomic mass is 79.9. The number of rotatable bonds is 2. The Morgan fingerprint density at radius 1 is 1.75 bits per heavy atom. The molecule has 12 heavy (non-hydrogen) atoms. The molecule has 0 saturated carbocycles. The van der Waals surface area contributed by atoms with Crippen LogP contribution in [0.5, 0.6) is 0 Å². The Bertz CT molecular complexity index is 282. The van der Waals surface area contributed by atoms with Crippen molar-refractivity contribution in [2.24, 2.45) is 0 Å². The molecule has 0 unspecified atom stereocenters. The quantitative estimate of drug-likeness (QED) is 0.754. The molecule has 1 aromatic heterocycles. The first-order valence-corrected chi connectivity index (χ1v) is 4.27. The number of nitrogens with zero attached hydrogens (tertiary/aromatic N) is 3. The van der Waals surface area contributed by atoms with E-state index >= 15 is 0 Å². The van der Waals surface area contributed by atoms with Gasteiger partial charge in [0, 0.05) is 20.3 Å². The van der Waals surface area contributed by atoms with E-state index in [1.165, 1.54) is 4.90 Å². The molecule has 0 aliphatic rings. The Morgan fingerprint density at radius 2 is 2.42 bits per heavy atom. The van der Waals surface area contributed by atoms with E-state index in [1.807, 2.05) is 0 Å². The van der Waals surface area contributed by atoms with Gasteiger partial charge in [-0.15, -0.1) is 0 Å². The van der Waals surface area contributed by atoms with Crippen LogP contribution in [0.4, 0.5) is 0 Å². The Morgan fingerprint density at radius 3 is 2.83 bits per heavy atom. The van der Waals surface area contributed by atoms with Crippen molar-refractivity contribution in [3.8, 4) is 0 Å². The molecule has 0 spiro atoms. The van der Waals surface area contributed by atoms with Crippen molar-refractivity contribution in [1.82, 2.24) is 14.7 Å². The summed E-state index contributed by atoms with van der Waals surface area (Å²) in [6.45, 7) is 0.290. The van der Waals surface area contributed by atoms with Crippen molar-refractivity contribution in [2.45, 2.75) is 6.54 Å². The maximum Gasteiger partial charge on any atom is 0.243 e. The Balaban J connectivity index is 2.58. The van der Waals surface area contributed by atoms with Crippen molar-refractivity contribution in [3.63, 3.8) is 0 Å². The van der Waals surface area contributed by atoms with Crippen LogP contribution < -0.4 is 0 Å². The van der Waals surface area contributed by atoms with Gasteiger partial charge < -0.3 is 4.90 Å². The zero-order valence-electron chi connectivity index (χ0n) is 6.99. The van der Waals surface area contributed by atoms with Crippen molar-refractivity contribution in [3.05, 3.63) is 16.9 Å². The van der Waals surface area contributed by atoms with Crippen LogP contribution >= 0.6 is 15.9 Å². The number of carbonyl (C=O) groups excluding carboxylic acids is 1. The summed E-state index contributed by atoms with van der Waals surface area (Å²) in [6, 6.07) is 0. The summed E-state index contributed by atoms with van der Waals surface area (Å²) >= 11 is 3.25. The Kier molecular flexibility index (Phi) is 2.86. The Labute approximate surface area is 79.3 Å². The average Bonchev–Trinajstić information content (AvgIpc) is 2.35. The lowest BCUT2D eigenvalue weighted by Crippen LogP contribution is -2.26. The fourth-order valence-electron chi connectivity index (χ4n) is 0.705. The number of hydrogen-bond acceptors (Lipinski definition) is 2. The summed E-state index contributed by atoms with van der Waals surface area (Å²) < 4.78 is 2.47. The molecule has 1 aromatic rings. The van der Waals surface area contributed by atoms with E-state index in [1.54, 1.807) is 31.2 Å². The smallest absolute Gasteiger partial charge is 0.243 e. The predicted octanol–water partition coefficient (Wildman–Crippen LogP) is 0.734. The van der Waals surface area contributed by atoms with Gasteiger partial charge in [0.05, 0.1) is 10.7 Å². The molecule has 0 saturated heterocycles. The second-order valence-electron chi connectivity index (χ2n) is 2.64. The van der Waals surface area contributed by atoms with Gasteiger partial charge in [-0.3, -0.25) is 9.48 Å². The van der Waals surface area contributed by atoms with E-state index in [-0.39, 0.29) is 5.91 Å². The Hall–Kier alpha value is -0.840. The zero-order valence-corrected chi connectivity index (χ0v) is 8.58. The molecule has 0 aliphatic carbocycles. The number of likely N-dealkylation sites (N-methyl/N-ethyl adjacent to an activating group) is 1. The van der Waals surface area contributed by atoms with E-state index in [4.69, 9.17) is 0 Å². The maximum atomic E-state index is 11.2. The second kappa shape index (κ2) is 3.71. The van der Waals surface area contributed by atoms with Gasteiger partial charge in [0.2, 0.25) is 5.91 Å². The molecule has 1 rings (SSSR count). The van der Waals surface area contributed by atoms with E-state index in [0.29, 0.717) is 6.54 Å². The lowest BCUT2D eigenvalue weighted by molar-refractivity contribution is -0.129. The van der Waals surface area contributed by atoms with Gasteiger partial charge >= 0.3 is 0 Å². The second-order valence-corrected chi connectivity index (χ2v) is 3.56. The van der Waals surface area contributed by atoms with Crippen LogP contribution in [0, 0.1) is 0 Å². The van der Waals surface area contributed by atoms with E-state index < -0.39 is 0 Å². The summed E-state index contributed by atoms with van der Waals surface area (Å²) in [7, 11) is 3.45. The lowest BCUT2D eigenvalue weighted by atomic mass is 10.5. The molecular formula is C7H10BrN3O. The summed E-state index contributed by atoms with van der Waals surface area (Å²) in [6.07, 6.45) is 3.42. The molecule has 1 amide bonds. The molecule has 0 N–H and O–H groups in total. The minimum Gasteiger partial charge on any atom is -0.347 e. The number of carbonyl (C=O) groups is 1. The van der Waals surface area contributed by atoms with Crippen LogP contribution in [-0.4, -0.2) is 34.7 Å². The van der Waals surface area contributed by atoms with Gasteiger partial charge in [0.25, 0.3) is 0 Å². The van der Waals surface area contributed by atoms with Crippen molar-refractivity contribution in [2.75, 3.05) is 14.1 Å². The minimum atomic E-state index is 0.0330. The molecule has 0 aromatic carbocycles. The summed E-state index contributed by atoms with van der Waals surface area (Å²) in [5, 5.41) is 3.96. The average molecular weight is 232 g/mol. The molecule has 0 bridgehead atoms. The topological polar surface area (TPSA) is 38.1 Å². The molecule has 1 heterocycles. The fourth-order valence-corrected chi connectivity index (χ4v) is 1.03. The molecule has 0 aliphatic heterocycles. The van der Waals surface area contributed by atoms with E-state index in [2.05, 4.69) is 21.0 Å². The first-order valence-electron chi connectivity index (χ1n) is 3.47. The monoisotopic (exact) mass is 231 g/mol. The van der Waals surface area contributed by atoms with Crippen LogP contribution in [0.25, 0.3) is 0 Å². The van der Waals surface area contributed by atoms with E-state index in [9.17, 15) is 4.79 Å². The number of aromatic nitrogens is 2. The maximum absolute atomic E-state index is 11.2.